The number of fused-ring (bicyclic) bond motifs is 1. The third-order valence-corrected chi connectivity index (χ3v) is 8.45. The lowest BCUT2D eigenvalue weighted by Crippen LogP contribution is -2.43. The number of halogens is 1. The number of aromatic nitrogens is 2. The third-order valence-electron chi connectivity index (χ3n) is 8.45. The number of aliphatic imine (C=N–C) groups is 1. The molecule has 3 aromatic rings. The Balaban J connectivity index is 1.17. The lowest BCUT2D eigenvalue weighted by atomic mass is 9.74. The molecule has 0 atom stereocenters. The fourth-order valence-electron chi connectivity index (χ4n) is 5.93. The number of nitriles is 1. The molecule has 1 fully saturated rings. The van der Waals surface area contributed by atoms with Crippen molar-refractivity contribution >= 4 is 28.8 Å². The zero-order chi connectivity index (χ0) is 27.1. The van der Waals surface area contributed by atoms with Crippen molar-refractivity contribution in [2.24, 2.45) is 10.4 Å². The van der Waals surface area contributed by atoms with E-state index < -0.39 is 0 Å². The van der Waals surface area contributed by atoms with Crippen LogP contribution in [0.5, 0.6) is 5.75 Å². The molecule has 1 aromatic heterocycles. The van der Waals surface area contributed by atoms with Crippen molar-refractivity contribution in [2.45, 2.75) is 39.5 Å². The predicted octanol–water partition coefficient (Wildman–Crippen LogP) is 6.48. The highest BCUT2D eigenvalue weighted by molar-refractivity contribution is 6.03. The van der Waals surface area contributed by atoms with Gasteiger partial charge in [-0.2, -0.15) is 5.26 Å². The third kappa shape index (κ3) is 4.50. The highest BCUT2D eigenvalue weighted by atomic mass is 19.1. The number of anilines is 1. The molecule has 1 aliphatic carbocycles. The van der Waals surface area contributed by atoms with Crippen molar-refractivity contribution in [3.63, 3.8) is 0 Å². The minimum atomic E-state index is -0.350. The second-order valence-electron chi connectivity index (χ2n) is 10.8. The van der Waals surface area contributed by atoms with Crippen molar-refractivity contribution in [2.75, 3.05) is 25.1 Å². The molecule has 0 bridgehead atoms. The molecule has 0 saturated carbocycles. The summed E-state index contributed by atoms with van der Waals surface area (Å²) in [5.41, 5.74) is 9.19. The van der Waals surface area contributed by atoms with E-state index in [1.54, 1.807) is 18.5 Å². The minimum Gasteiger partial charge on any atom is -0.494 e. The molecule has 3 heterocycles. The van der Waals surface area contributed by atoms with Gasteiger partial charge in [0.15, 0.2) is 11.6 Å². The Labute approximate surface area is 228 Å². The van der Waals surface area contributed by atoms with Crippen LogP contribution in [0.2, 0.25) is 0 Å². The average molecular weight is 520 g/mol. The molecule has 196 valence electrons. The Morgan fingerprint density at radius 3 is 2.46 bits per heavy atom. The van der Waals surface area contributed by atoms with E-state index in [1.807, 2.05) is 37.3 Å². The van der Waals surface area contributed by atoms with Crippen molar-refractivity contribution < 1.29 is 9.13 Å². The zero-order valence-electron chi connectivity index (χ0n) is 22.5. The molecule has 3 aliphatic rings. The van der Waals surface area contributed by atoms with Gasteiger partial charge in [0, 0.05) is 48.3 Å². The number of hydrogen-bond acceptors (Lipinski definition) is 6. The Kier molecular flexibility index (Phi) is 6.26. The van der Waals surface area contributed by atoms with Crippen LogP contribution in [0.4, 0.5) is 10.2 Å². The summed E-state index contributed by atoms with van der Waals surface area (Å²) in [5, 5.41) is 9.11. The Bertz CT molecular complexity index is 1590. The summed E-state index contributed by atoms with van der Waals surface area (Å²) in [7, 11) is 1.48. The quantitative estimate of drug-likeness (QED) is 0.386. The maximum absolute atomic E-state index is 14.4. The molecular formula is C32H30FN5O. The van der Waals surface area contributed by atoms with Crippen molar-refractivity contribution in [3.05, 3.63) is 88.3 Å². The van der Waals surface area contributed by atoms with Crippen molar-refractivity contribution in [1.29, 1.82) is 5.26 Å². The van der Waals surface area contributed by atoms with E-state index in [9.17, 15) is 4.39 Å². The first-order valence-electron chi connectivity index (χ1n) is 13.3. The van der Waals surface area contributed by atoms with Gasteiger partial charge in [0.05, 0.1) is 24.4 Å². The summed E-state index contributed by atoms with van der Waals surface area (Å²) in [6, 6.07) is 15.1. The second kappa shape index (κ2) is 9.77. The van der Waals surface area contributed by atoms with Gasteiger partial charge in [0.2, 0.25) is 0 Å². The SMILES string of the molecule is COc1ccc(C2=C(C)N=C(C3(C)CCN(c4ncnc5c4C=C(c4ccc(C#N)cc4)C5)CC3)C2)cc1F. The van der Waals surface area contributed by atoms with Crippen LogP contribution in [0.3, 0.4) is 0 Å². The summed E-state index contributed by atoms with van der Waals surface area (Å²) < 4.78 is 19.5. The van der Waals surface area contributed by atoms with Gasteiger partial charge in [0.25, 0.3) is 0 Å². The number of allylic oxidation sites excluding steroid dienone is 3. The first-order valence-corrected chi connectivity index (χ1v) is 13.3. The molecule has 6 rings (SSSR count). The molecule has 0 spiro atoms. The topological polar surface area (TPSA) is 74.4 Å². The molecule has 2 aliphatic heterocycles. The first-order chi connectivity index (χ1) is 18.9. The van der Waals surface area contributed by atoms with Crippen LogP contribution < -0.4 is 9.64 Å². The number of rotatable bonds is 5. The molecule has 1 saturated heterocycles. The van der Waals surface area contributed by atoms with Gasteiger partial charge in [-0.1, -0.05) is 25.1 Å². The normalized spacial score (nSPS) is 18.0. The molecule has 0 N–H and O–H groups in total. The molecule has 0 radical (unpaired) electrons. The predicted molar refractivity (Wildman–Crippen MR) is 152 cm³/mol. The van der Waals surface area contributed by atoms with Gasteiger partial charge >= 0.3 is 0 Å². The zero-order valence-corrected chi connectivity index (χ0v) is 22.5. The van der Waals surface area contributed by atoms with Gasteiger partial charge in [0.1, 0.15) is 12.1 Å². The Morgan fingerprint density at radius 1 is 1.03 bits per heavy atom. The van der Waals surface area contributed by atoms with Crippen LogP contribution >= 0.6 is 0 Å². The maximum Gasteiger partial charge on any atom is 0.165 e. The molecular weight excluding hydrogens is 489 g/mol. The highest BCUT2D eigenvalue weighted by Crippen LogP contribution is 2.43. The maximum atomic E-state index is 14.4. The summed E-state index contributed by atoms with van der Waals surface area (Å²) in [6.45, 7) is 6.08. The Hall–Kier alpha value is -4.31. The summed E-state index contributed by atoms with van der Waals surface area (Å²) >= 11 is 0. The fourth-order valence-corrected chi connectivity index (χ4v) is 5.93. The summed E-state index contributed by atoms with van der Waals surface area (Å²) in [6.07, 6.45) is 7.32. The van der Waals surface area contributed by atoms with Crippen LogP contribution in [-0.2, 0) is 6.42 Å². The van der Waals surface area contributed by atoms with Gasteiger partial charge in [-0.05, 0) is 72.4 Å². The van der Waals surface area contributed by atoms with E-state index in [1.165, 1.54) is 18.4 Å². The van der Waals surface area contributed by atoms with Crippen LogP contribution in [0.1, 0.15) is 61.1 Å². The monoisotopic (exact) mass is 519 g/mol. The largest absolute Gasteiger partial charge is 0.494 e. The van der Waals surface area contributed by atoms with E-state index in [2.05, 4.69) is 29.0 Å². The number of nitrogens with zero attached hydrogens (tertiary/aromatic N) is 5. The Morgan fingerprint density at radius 2 is 1.77 bits per heavy atom. The fraction of sp³-hybridized carbons (Fsp3) is 0.312. The van der Waals surface area contributed by atoms with Crippen molar-refractivity contribution in [1.82, 2.24) is 9.97 Å². The number of hydrogen-bond donors (Lipinski definition) is 0. The average Bonchev–Trinajstić information content (AvgIpc) is 3.58. The van der Waals surface area contributed by atoms with E-state index in [0.717, 1.165) is 78.2 Å². The lowest BCUT2D eigenvalue weighted by molar-refractivity contribution is 0.351. The molecule has 2 aromatic carbocycles. The molecule has 39 heavy (non-hydrogen) atoms. The first kappa shape index (κ1) is 25.0. The minimum absolute atomic E-state index is 0.0236. The van der Waals surface area contributed by atoms with Crippen LogP contribution in [0.25, 0.3) is 17.2 Å². The van der Waals surface area contributed by atoms with E-state index in [-0.39, 0.29) is 17.0 Å². The van der Waals surface area contributed by atoms with Crippen LogP contribution in [-0.4, -0.2) is 35.9 Å². The van der Waals surface area contributed by atoms with Gasteiger partial charge in [-0.15, -0.1) is 0 Å². The van der Waals surface area contributed by atoms with E-state index >= 15 is 0 Å². The highest BCUT2D eigenvalue weighted by Gasteiger charge is 2.38. The smallest absolute Gasteiger partial charge is 0.165 e. The van der Waals surface area contributed by atoms with Gasteiger partial charge < -0.3 is 9.64 Å². The number of ether oxygens (including phenoxy) is 1. The molecule has 7 heteroatoms. The second-order valence-corrected chi connectivity index (χ2v) is 10.8. The van der Waals surface area contributed by atoms with E-state index in [4.69, 9.17) is 20.0 Å². The summed E-state index contributed by atoms with van der Waals surface area (Å²) in [5.74, 6) is 0.894. The summed E-state index contributed by atoms with van der Waals surface area (Å²) in [4.78, 5) is 16.6. The lowest BCUT2D eigenvalue weighted by Gasteiger charge is -2.40. The number of piperidine rings is 1. The van der Waals surface area contributed by atoms with Crippen LogP contribution in [0.15, 0.2) is 59.5 Å². The van der Waals surface area contributed by atoms with Gasteiger partial charge in [-0.25, -0.2) is 14.4 Å². The molecule has 0 unspecified atom stereocenters. The number of methoxy groups -OCH3 is 1. The standard InChI is InChI=1S/C32H30FN5O/c1-20-25(23-8-9-29(39-3)27(33)15-23)17-30(37-20)32(2)10-12-38(13-11-32)31-26-14-24(16-28(26)35-19-36-31)22-6-4-21(18-34)5-7-22/h4-9,14-15,19H,10-13,16-17H2,1-3H3. The van der Waals surface area contributed by atoms with E-state index in [0.29, 0.717) is 5.56 Å². The molecule has 6 nitrogen and oxygen atoms in total. The van der Waals surface area contributed by atoms with Crippen molar-refractivity contribution in [3.8, 4) is 11.8 Å². The van der Waals surface area contributed by atoms with Gasteiger partial charge in [-0.3, -0.25) is 4.99 Å². The van der Waals surface area contributed by atoms with Crippen LogP contribution in [0, 0.1) is 22.6 Å². The molecule has 0 amide bonds. The number of benzene rings is 2.